The number of carbonyl (C=O) groups excluding carboxylic acids is 1. The van der Waals surface area contributed by atoms with Gasteiger partial charge >= 0.3 is 0 Å². The third-order valence-electron chi connectivity index (χ3n) is 3.86. The van der Waals surface area contributed by atoms with Crippen molar-refractivity contribution in [2.24, 2.45) is 11.0 Å². The van der Waals surface area contributed by atoms with Gasteiger partial charge in [-0.1, -0.05) is 26.0 Å². The summed E-state index contributed by atoms with van der Waals surface area (Å²) in [5, 5.41) is 5.95. The number of hydrazone groups is 1. The summed E-state index contributed by atoms with van der Waals surface area (Å²) in [4.78, 5) is 17.2. The third-order valence-corrected chi connectivity index (χ3v) is 5.61. The predicted octanol–water partition coefficient (Wildman–Crippen LogP) is 3.10. The molecule has 0 spiro atoms. The highest BCUT2D eigenvalue weighted by Crippen LogP contribution is 2.19. The number of hydrogen-bond acceptors (Lipinski definition) is 4. The lowest BCUT2D eigenvalue weighted by Crippen LogP contribution is -2.23. The van der Waals surface area contributed by atoms with E-state index in [0.717, 1.165) is 16.2 Å². The second-order valence-corrected chi connectivity index (χ2v) is 7.90. The molecule has 1 aromatic carbocycles. The fourth-order valence-electron chi connectivity index (χ4n) is 2.66. The number of amides is 1. The van der Waals surface area contributed by atoms with Gasteiger partial charge in [-0.2, -0.15) is 5.10 Å². The minimum Gasteiger partial charge on any atom is -0.267 e. The zero-order chi connectivity index (χ0) is 17.8. The van der Waals surface area contributed by atoms with Crippen LogP contribution < -0.4 is 0 Å². The van der Waals surface area contributed by atoms with E-state index >= 15 is 0 Å². The lowest BCUT2D eigenvalue weighted by molar-refractivity contribution is 0.0778. The highest BCUT2D eigenvalue weighted by atomic mass is 32.2. The summed E-state index contributed by atoms with van der Waals surface area (Å²) in [6.07, 6.45) is 3.87. The van der Waals surface area contributed by atoms with E-state index in [4.69, 9.17) is 0 Å². The van der Waals surface area contributed by atoms with E-state index in [2.05, 4.69) is 23.9 Å². The van der Waals surface area contributed by atoms with Gasteiger partial charge in [0.1, 0.15) is 0 Å². The molecule has 0 saturated heterocycles. The van der Waals surface area contributed by atoms with E-state index < -0.39 is 10.8 Å². The second kappa shape index (κ2) is 7.70. The molecule has 0 saturated carbocycles. The van der Waals surface area contributed by atoms with Crippen LogP contribution >= 0.6 is 0 Å². The van der Waals surface area contributed by atoms with Gasteiger partial charge in [-0.15, -0.1) is 0 Å². The van der Waals surface area contributed by atoms with Crippen molar-refractivity contribution in [3.05, 3.63) is 59.9 Å². The Hall–Kier alpha value is -2.34. The van der Waals surface area contributed by atoms with Gasteiger partial charge in [0.05, 0.1) is 28.6 Å². The first-order valence-corrected chi connectivity index (χ1v) is 9.64. The fourth-order valence-corrected chi connectivity index (χ4v) is 3.95. The van der Waals surface area contributed by atoms with Gasteiger partial charge in [-0.05, 0) is 35.7 Å². The van der Waals surface area contributed by atoms with Crippen LogP contribution in [0.4, 0.5) is 0 Å². The molecule has 2 heterocycles. The Balaban J connectivity index is 1.79. The molecule has 5 nitrogen and oxygen atoms in total. The molecule has 0 fully saturated rings. The SMILES string of the molecule is CC(C)CS(=O)c1cccc(C2=NN(C(=O)c3cccnc3)CC2)c1. The molecule has 3 rings (SSSR count). The number of nitrogens with zero attached hydrogens (tertiary/aromatic N) is 3. The monoisotopic (exact) mass is 355 g/mol. The molecule has 25 heavy (non-hydrogen) atoms. The summed E-state index contributed by atoms with van der Waals surface area (Å²) in [6.45, 7) is 4.66. The number of carbonyl (C=O) groups is 1. The number of pyridine rings is 1. The molecular formula is C19H21N3O2S. The summed E-state index contributed by atoms with van der Waals surface area (Å²) in [6, 6.07) is 11.1. The molecule has 1 aliphatic rings. The maximum atomic E-state index is 12.5. The summed E-state index contributed by atoms with van der Waals surface area (Å²) >= 11 is 0. The van der Waals surface area contributed by atoms with Crippen LogP contribution in [0.15, 0.2) is 58.8 Å². The number of hydrogen-bond donors (Lipinski definition) is 0. The second-order valence-electron chi connectivity index (χ2n) is 6.40. The quantitative estimate of drug-likeness (QED) is 0.828. The van der Waals surface area contributed by atoms with Crippen molar-refractivity contribution in [1.29, 1.82) is 0 Å². The molecule has 1 amide bonds. The van der Waals surface area contributed by atoms with Crippen molar-refractivity contribution in [2.45, 2.75) is 25.2 Å². The van der Waals surface area contributed by atoms with Crippen molar-refractivity contribution in [1.82, 2.24) is 9.99 Å². The summed E-state index contributed by atoms with van der Waals surface area (Å²) < 4.78 is 12.4. The van der Waals surface area contributed by atoms with Gasteiger partial charge in [0.2, 0.25) is 0 Å². The Morgan fingerprint density at radius 3 is 2.84 bits per heavy atom. The van der Waals surface area contributed by atoms with Gasteiger partial charge in [0.25, 0.3) is 5.91 Å². The fraction of sp³-hybridized carbons (Fsp3) is 0.316. The van der Waals surface area contributed by atoms with Crippen molar-refractivity contribution in [2.75, 3.05) is 12.3 Å². The first-order chi connectivity index (χ1) is 12.0. The maximum absolute atomic E-state index is 12.5. The van der Waals surface area contributed by atoms with Crippen LogP contribution in [0.3, 0.4) is 0 Å². The molecule has 0 N–H and O–H groups in total. The highest BCUT2D eigenvalue weighted by molar-refractivity contribution is 7.85. The van der Waals surface area contributed by atoms with Gasteiger partial charge in [0.15, 0.2) is 0 Å². The van der Waals surface area contributed by atoms with E-state index in [1.54, 1.807) is 24.5 Å². The zero-order valence-corrected chi connectivity index (χ0v) is 15.2. The minimum absolute atomic E-state index is 0.150. The molecule has 130 valence electrons. The van der Waals surface area contributed by atoms with Crippen LogP contribution in [0.1, 0.15) is 36.2 Å². The van der Waals surface area contributed by atoms with E-state index in [1.165, 1.54) is 5.01 Å². The van der Waals surface area contributed by atoms with Gasteiger partial charge in [-0.25, -0.2) is 5.01 Å². The average Bonchev–Trinajstić information content (AvgIpc) is 3.11. The minimum atomic E-state index is -1.01. The zero-order valence-electron chi connectivity index (χ0n) is 14.4. The first-order valence-electron chi connectivity index (χ1n) is 8.33. The van der Waals surface area contributed by atoms with Gasteiger partial charge in [-0.3, -0.25) is 14.0 Å². The molecule has 6 heteroatoms. The van der Waals surface area contributed by atoms with Crippen LogP contribution in [0.2, 0.25) is 0 Å². The van der Waals surface area contributed by atoms with Crippen LogP contribution in [-0.4, -0.2) is 38.1 Å². The lowest BCUT2D eigenvalue weighted by atomic mass is 10.1. The van der Waals surface area contributed by atoms with Crippen molar-refractivity contribution in [3.8, 4) is 0 Å². The van der Waals surface area contributed by atoms with E-state index in [9.17, 15) is 9.00 Å². The van der Waals surface area contributed by atoms with Crippen LogP contribution in [0.5, 0.6) is 0 Å². The maximum Gasteiger partial charge on any atom is 0.275 e. The van der Waals surface area contributed by atoms with E-state index in [-0.39, 0.29) is 5.91 Å². The molecule has 0 radical (unpaired) electrons. The van der Waals surface area contributed by atoms with E-state index in [1.807, 2.05) is 24.3 Å². The summed E-state index contributed by atoms with van der Waals surface area (Å²) in [7, 11) is -1.01. The Morgan fingerprint density at radius 1 is 1.28 bits per heavy atom. The van der Waals surface area contributed by atoms with Crippen LogP contribution in [0, 0.1) is 5.92 Å². The van der Waals surface area contributed by atoms with Crippen molar-refractivity contribution < 1.29 is 9.00 Å². The molecule has 1 unspecified atom stereocenters. The normalized spacial score (nSPS) is 15.3. The average molecular weight is 355 g/mol. The molecule has 0 bridgehead atoms. The Labute approximate surface area is 150 Å². The predicted molar refractivity (Wildman–Crippen MR) is 99.0 cm³/mol. The smallest absolute Gasteiger partial charge is 0.267 e. The van der Waals surface area contributed by atoms with Crippen molar-refractivity contribution in [3.63, 3.8) is 0 Å². The number of benzene rings is 1. The Kier molecular flexibility index (Phi) is 5.38. The topological polar surface area (TPSA) is 62.6 Å². The van der Waals surface area contributed by atoms with Crippen LogP contribution in [-0.2, 0) is 10.8 Å². The Bertz CT molecular complexity index is 818. The van der Waals surface area contributed by atoms with Gasteiger partial charge in [0, 0.05) is 29.5 Å². The Morgan fingerprint density at radius 2 is 2.12 bits per heavy atom. The summed E-state index contributed by atoms with van der Waals surface area (Å²) in [5.41, 5.74) is 2.30. The molecule has 2 aromatic rings. The first kappa shape index (κ1) is 17.5. The van der Waals surface area contributed by atoms with E-state index in [0.29, 0.717) is 30.2 Å². The molecule has 1 aliphatic heterocycles. The third kappa shape index (κ3) is 4.20. The highest BCUT2D eigenvalue weighted by Gasteiger charge is 2.23. The van der Waals surface area contributed by atoms with Crippen LogP contribution in [0.25, 0.3) is 0 Å². The summed E-state index contributed by atoms with van der Waals surface area (Å²) in [5.74, 6) is 0.866. The molecule has 1 aromatic heterocycles. The van der Waals surface area contributed by atoms with Gasteiger partial charge < -0.3 is 0 Å². The number of aromatic nitrogens is 1. The molecule has 0 aliphatic carbocycles. The molecular weight excluding hydrogens is 334 g/mol. The largest absolute Gasteiger partial charge is 0.275 e. The molecule has 1 atom stereocenters. The van der Waals surface area contributed by atoms with Crippen molar-refractivity contribution >= 4 is 22.4 Å². The number of rotatable bonds is 5. The standard InChI is InChI=1S/C19H21N3O2S/c1-14(2)13-25(24)17-7-3-5-15(11-17)18-8-10-22(21-18)19(23)16-6-4-9-20-12-16/h3-7,9,11-12,14H,8,10,13H2,1-2H3. The lowest BCUT2D eigenvalue weighted by Gasteiger charge is -2.10.